The van der Waals surface area contributed by atoms with Gasteiger partial charge in [-0.15, -0.1) is 0 Å². The van der Waals surface area contributed by atoms with Crippen LogP contribution in [-0.2, 0) is 19.6 Å². The van der Waals surface area contributed by atoms with E-state index >= 15 is 0 Å². The lowest BCUT2D eigenvalue weighted by molar-refractivity contribution is -0.121. The molecule has 1 aliphatic rings. The van der Waals surface area contributed by atoms with E-state index < -0.39 is 27.9 Å². The number of ether oxygens (including phenoxy) is 1. The summed E-state index contributed by atoms with van der Waals surface area (Å²) in [5.41, 5.74) is 0.236. The van der Waals surface area contributed by atoms with Crippen LogP contribution in [0.2, 0.25) is 0 Å². The molecule has 114 valence electrons. The summed E-state index contributed by atoms with van der Waals surface area (Å²) in [7, 11) is -2.70. The van der Waals surface area contributed by atoms with Gasteiger partial charge >= 0.3 is 5.97 Å². The molecule has 7 nitrogen and oxygen atoms in total. The Hall–Kier alpha value is -1.93. The van der Waals surface area contributed by atoms with Crippen molar-refractivity contribution in [1.29, 1.82) is 0 Å². The number of benzene rings is 1. The second-order valence-electron chi connectivity index (χ2n) is 4.63. The molecular weight excluding hydrogens is 296 g/mol. The van der Waals surface area contributed by atoms with E-state index in [0.717, 1.165) is 6.42 Å². The number of hydrogen-bond donors (Lipinski definition) is 2. The SMILES string of the molecule is COC(=O)c1ccc(S(=O)(=O)NC(=O)[C@@H]2CCCN2)cc1. The van der Waals surface area contributed by atoms with Gasteiger partial charge in [-0.1, -0.05) is 0 Å². The van der Waals surface area contributed by atoms with Crippen molar-refractivity contribution in [3.63, 3.8) is 0 Å². The van der Waals surface area contributed by atoms with E-state index in [1.807, 2.05) is 4.72 Å². The predicted molar refractivity (Wildman–Crippen MR) is 74.1 cm³/mol. The van der Waals surface area contributed by atoms with Crippen LogP contribution in [0.5, 0.6) is 0 Å². The maximum atomic E-state index is 12.1. The number of amides is 1. The van der Waals surface area contributed by atoms with Crippen molar-refractivity contribution in [3.8, 4) is 0 Å². The lowest BCUT2D eigenvalue weighted by Gasteiger charge is -2.11. The smallest absolute Gasteiger partial charge is 0.337 e. The van der Waals surface area contributed by atoms with Gasteiger partial charge in [0.15, 0.2) is 0 Å². The molecule has 21 heavy (non-hydrogen) atoms. The summed E-state index contributed by atoms with van der Waals surface area (Å²) in [6.45, 7) is 0.700. The number of rotatable bonds is 4. The zero-order valence-electron chi connectivity index (χ0n) is 11.5. The van der Waals surface area contributed by atoms with Gasteiger partial charge in [0.05, 0.1) is 23.6 Å². The minimum absolute atomic E-state index is 0.0819. The molecule has 2 rings (SSSR count). The summed E-state index contributed by atoms with van der Waals surface area (Å²) in [5, 5.41) is 2.92. The normalized spacial score (nSPS) is 18.2. The molecule has 0 aliphatic carbocycles. The molecule has 1 amide bonds. The summed E-state index contributed by atoms with van der Waals surface area (Å²) < 4.78 is 30.7. The van der Waals surface area contributed by atoms with Gasteiger partial charge in [-0.2, -0.15) is 0 Å². The van der Waals surface area contributed by atoms with Crippen molar-refractivity contribution in [3.05, 3.63) is 29.8 Å². The Morgan fingerprint density at radius 2 is 1.95 bits per heavy atom. The van der Waals surface area contributed by atoms with E-state index in [9.17, 15) is 18.0 Å². The van der Waals surface area contributed by atoms with E-state index in [-0.39, 0.29) is 10.5 Å². The molecule has 1 heterocycles. The number of sulfonamides is 1. The molecule has 0 bridgehead atoms. The molecule has 1 fully saturated rings. The molecule has 0 aromatic heterocycles. The summed E-state index contributed by atoms with van der Waals surface area (Å²) in [5.74, 6) is -1.12. The van der Waals surface area contributed by atoms with Gasteiger partial charge in [-0.25, -0.2) is 17.9 Å². The van der Waals surface area contributed by atoms with Crippen LogP contribution < -0.4 is 10.0 Å². The largest absolute Gasteiger partial charge is 0.465 e. The second-order valence-corrected chi connectivity index (χ2v) is 6.32. The fraction of sp³-hybridized carbons (Fsp3) is 0.385. The number of nitrogens with one attached hydrogen (secondary N) is 2. The maximum Gasteiger partial charge on any atom is 0.337 e. The van der Waals surface area contributed by atoms with Crippen LogP contribution in [0.3, 0.4) is 0 Å². The highest BCUT2D eigenvalue weighted by molar-refractivity contribution is 7.90. The molecule has 0 radical (unpaired) electrons. The second kappa shape index (κ2) is 6.23. The minimum Gasteiger partial charge on any atom is -0.465 e. The van der Waals surface area contributed by atoms with Gasteiger partial charge in [0.2, 0.25) is 0 Å². The molecular formula is C13H16N2O5S. The highest BCUT2D eigenvalue weighted by Crippen LogP contribution is 2.12. The van der Waals surface area contributed by atoms with Crippen LogP contribution in [0.15, 0.2) is 29.2 Å². The van der Waals surface area contributed by atoms with Crippen LogP contribution in [0, 0.1) is 0 Å². The van der Waals surface area contributed by atoms with Crippen molar-refractivity contribution >= 4 is 21.9 Å². The lowest BCUT2D eigenvalue weighted by atomic mass is 10.2. The summed E-state index contributed by atoms with van der Waals surface area (Å²) >= 11 is 0. The van der Waals surface area contributed by atoms with Crippen LogP contribution >= 0.6 is 0 Å². The van der Waals surface area contributed by atoms with Crippen LogP contribution in [0.1, 0.15) is 23.2 Å². The summed E-state index contributed by atoms with van der Waals surface area (Å²) in [6, 6.07) is 4.69. The zero-order chi connectivity index (χ0) is 15.5. The molecule has 1 saturated heterocycles. The van der Waals surface area contributed by atoms with Gasteiger partial charge < -0.3 is 10.1 Å². The highest BCUT2D eigenvalue weighted by atomic mass is 32.2. The zero-order valence-corrected chi connectivity index (χ0v) is 12.3. The first kappa shape index (κ1) is 15.5. The summed E-state index contributed by atoms with van der Waals surface area (Å²) in [6.07, 6.45) is 1.45. The van der Waals surface area contributed by atoms with E-state index in [2.05, 4.69) is 10.1 Å². The Morgan fingerprint density at radius 1 is 1.29 bits per heavy atom. The topological polar surface area (TPSA) is 102 Å². The van der Waals surface area contributed by atoms with E-state index in [1.54, 1.807) is 0 Å². The maximum absolute atomic E-state index is 12.1. The Balaban J connectivity index is 2.11. The molecule has 2 N–H and O–H groups in total. The van der Waals surface area contributed by atoms with Gasteiger partial charge in [0, 0.05) is 0 Å². The first-order chi connectivity index (χ1) is 9.94. The molecule has 8 heteroatoms. The fourth-order valence-corrected chi connectivity index (χ4v) is 3.08. The van der Waals surface area contributed by atoms with Gasteiger partial charge in [-0.3, -0.25) is 4.79 Å². The van der Waals surface area contributed by atoms with Gasteiger partial charge in [-0.05, 0) is 43.7 Å². The van der Waals surface area contributed by atoms with E-state index in [1.165, 1.54) is 31.4 Å². The lowest BCUT2D eigenvalue weighted by Crippen LogP contribution is -2.43. The standard InChI is InChI=1S/C13H16N2O5S/c1-20-13(17)9-4-6-10(7-5-9)21(18,19)15-12(16)11-3-2-8-14-11/h4-7,11,14H,2-3,8H2,1H3,(H,15,16)/t11-/m0/s1. The number of methoxy groups -OCH3 is 1. The van der Waals surface area contributed by atoms with Crippen LogP contribution in [0.25, 0.3) is 0 Å². The van der Waals surface area contributed by atoms with Gasteiger partial charge in [0.1, 0.15) is 0 Å². The quantitative estimate of drug-likeness (QED) is 0.761. The molecule has 1 aliphatic heterocycles. The van der Waals surface area contributed by atoms with Crippen molar-refractivity contribution in [2.45, 2.75) is 23.8 Å². The third-order valence-electron chi connectivity index (χ3n) is 3.20. The third kappa shape index (κ3) is 3.59. The molecule has 0 unspecified atom stereocenters. The van der Waals surface area contributed by atoms with Crippen molar-refractivity contribution in [2.24, 2.45) is 0 Å². The Morgan fingerprint density at radius 3 is 2.48 bits per heavy atom. The first-order valence-corrected chi connectivity index (χ1v) is 7.91. The first-order valence-electron chi connectivity index (χ1n) is 6.42. The molecule has 1 aromatic rings. The molecule has 1 aromatic carbocycles. The van der Waals surface area contributed by atoms with Crippen LogP contribution in [0.4, 0.5) is 0 Å². The monoisotopic (exact) mass is 312 g/mol. The minimum atomic E-state index is -3.94. The van der Waals surface area contributed by atoms with Gasteiger partial charge in [0.25, 0.3) is 15.9 Å². The van der Waals surface area contributed by atoms with Crippen molar-refractivity contribution in [2.75, 3.05) is 13.7 Å². The number of carbonyl (C=O) groups excluding carboxylic acids is 2. The van der Waals surface area contributed by atoms with E-state index in [0.29, 0.717) is 13.0 Å². The molecule has 0 spiro atoms. The highest BCUT2D eigenvalue weighted by Gasteiger charge is 2.26. The predicted octanol–water partition coefficient (Wildman–Crippen LogP) is 0.0301. The summed E-state index contributed by atoms with van der Waals surface area (Å²) in [4.78, 5) is 23.0. The van der Waals surface area contributed by atoms with Crippen molar-refractivity contribution < 1.29 is 22.7 Å². The fourth-order valence-electron chi connectivity index (χ4n) is 2.06. The Bertz CT molecular complexity index is 633. The van der Waals surface area contributed by atoms with Crippen LogP contribution in [-0.4, -0.2) is 40.0 Å². The Labute approximate surface area is 122 Å². The third-order valence-corrected chi connectivity index (χ3v) is 4.56. The number of carbonyl (C=O) groups is 2. The Kier molecular flexibility index (Phi) is 4.59. The average Bonchev–Trinajstić information content (AvgIpc) is 3.00. The van der Waals surface area contributed by atoms with E-state index in [4.69, 9.17) is 0 Å². The average molecular weight is 312 g/mol. The molecule has 0 saturated carbocycles. The molecule has 1 atom stereocenters. The number of esters is 1. The van der Waals surface area contributed by atoms with Crippen molar-refractivity contribution in [1.82, 2.24) is 10.0 Å². The number of hydrogen-bond acceptors (Lipinski definition) is 6.